The van der Waals surface area contributed by atoms with E-state index < -0.39 is 45.8 Å². The first-order valence-corrected chi connectivity index (χ1v) is 15.0. The van der Waals surface area contributed by atoms with Crippen LogP contribution < -0.4 is 9.62 Å². The van der Waals surface area contributed by atoms with Gasteiger partial charge in [0, 0.05) is 23.5 Å². The molecule has 0 aromatic heterocycles. The van der Waals surface area contributed by atoms with E-state index in [4.69, 9.17) is 11.6 Å². The van der Waals surface area contributed by atoms with Crippen molar-refractivity contribution >= 4 is 39.1 Å². The Balaban J connectivity index is 2.09. The molecule has 0 radical (unpaired) electrons. The number of hydrogen-bond donors (Lipinski definition) is 1. The monoisotopic (exact) mass is 587 g/mol. The number of halogens is 2. The number of carbonyl (C=O) groups is 2. The lowest BCUT2D eigenvalue weighted by Gasteiger charge is -2.35. The van der Waals surface area contributed by atoms with Crippen molar-refractivity contribution in [3.8, 4) is 0 Å². The van der Waals surface area contributed by atoms with E-state index in [1.807, 2.05) is 51.1 Å². The predicted molar refractivity (Wildman–Crippen MR) is 157 cm³/mol. The highest BCUT2D eigenvalue weighted by Gasteiger charge is 2.34. The minimum Gasteiger partial charge on any atom is -0.350 e. The minimum atomic E-state index is -3.92. The molecule has 0 bridgehead atoms. The Morgan fingerprint density at radius 1 is 0.975 bits per heavy atom. The lowest BCUT2D eigenvalue weighted by Crippen LogP contribution is -2.56. The van der Waals surface area contributed by atoms with Crippen LogP contribution in [0.25, 0.3) is 0 Å². The molecular formula is C30H35ClFN3O4S. The number of carbonyl (C=O) groups excluding carboxylic acids is 2. The van der Waals surface area contributed by atoms with Crippen molar-refractivity contribution in [2.45, 2.75) is 52.2 Å². The molecule has 0 aliphatic rings. The van der Waals surface area contributed by atoms with Gasteiger partial charge in [-0.2, -0.15) is 0 Å². The largest absolute Gasteiger partial charge is 0.350 e. The Hall–Kier alpha value is -3.43. The number of nitrogens with zero attached hydrogens (tertiary/aromatic N) is 2. The average molecular weight is 588 g/mol. The van der Waals surface area contributed by atoms with Crippen molar-refractivity contribution in [3.63, 3.8) is 0 Å². The zero-order chi connectivity index (χ0) is 29.7. The smallest absolute Gasteiger partial charge is 0.244 e. The summed E-state index contributed by atoms with van der Waals surface area (Å²) in [5.41, 5.74) is 1.69. The van der Waals surface area contributed by atoms with E-state index in [1.165, 1.54) is 35.2 Å². The normalized spacial score (nSPS) is 12.5. The molecule has 3 aromatic rings. The van der Waals surface area contributed by atoms with Crippen molar-refractivity contribution < 1.29 is 22.4 Å². The molecule has 2 amide bonds. The van der Waals surface area contributed by atoms with Crippen molar-refractivity contribution in [3.05, 3.63) is 100 Å². The predicted octanol–water partition coefficient (Wildman–Crippen LogP) is 5.11. The van der Waals surface area contributed by atoms with Crippen LogP contribution >= 0.6 is 11.6 Å². The van der Waals surface area contributed by atoms with Crippen LogP contribution in [-0.2, 0) is 32.6 Å². The van der Waals surface area contributed by atoms with Crippen LogP contribution in [0.4, 0.5) is 10.1 Å². The number of amides is 2. The van der Waals surface area contributed by atoms with Crippen LogP contribution in [-0.4, -0.2) is 49.5 Å². The van der Waals surface area contributed by atoms with Crippen LogP contribution in [0.2, 0.25) is 5.02 Å². The van der Waals surface area contributed by atoms with Gasteiger partial charge in [0.25, 0.3) is 0 Å². The van der Waals surface area contributed by atoms with Gasteiger partial charge in [0.15, 0.2) is 0 Å². The highest BCUT2D eigenvalue weighted by molar-refractivity contribution is 7.92. The summed E-state index contributed by atoms with van der Waals surface area (Å²) in [7, 11) is -3.92. The Morgan fingerprint density at radius 2 is 1.60 bits per heavy atom. The van der Waals surface area contributed by atoms with E-state index in [-0.39, 0.29) is 18.7 Å². The molecule has 0 heterocycles. The van der Waals surface area contributed by atoms with Gasteiger partial charge in [-0.05, 0) is 68.7 Å². The molecule has 0 aliphatic heterocycles. The maximum atomic E-state index is 14.1. The Kier molecular flexibility index (Phi) is 9.97. The highest BCUT2D eigenvalue weighted by atomic mass is 35.5. The van der Waals surface area contributed by atoms with Crippen LogP contribution in [0.5, 0.6) is 0 Å². The fourth-order valence-corrected chi connectivity index (χ4v) is 5.30. The molecule has 1 N–H and O–H groups in total. The third-order valence-corrected chi connectivity index (χ3v) is 7.52. The summed E-state index contributed by atoms with van der Waals surface area (Å²) in [5.74, 6) is -1.43. The highest BCUT2D eigenvalue weighted by Crippen LogP contribution is 2.27. The molecular weight excluding hydrogens is 553 g/mol. The quantitative estimate of drug-likeness (QED) is 0.357. The fourth-order valence-electron chi connectivity index (χ4n) is 4.24. The molecule has 3 rings (SSSR count). The van der Waals surface area contributed by atoms with Gasteiger partial charge in [-0.1, -0.05) is 60.1 Å². The van der Waals surface area contributed by atoms with Gasteiger partial charge in [0.1, 0.15) is 18.4 Å². The van der Waals surface area contributed by atoms with E-state index in [9.17, 15) is 22.4 Å². The summed E-state index contributed by atoms with van der Waals surface area (Å²) in [6, 6.07) is 18.7. The molecule has 0 saturated heterocycles. The molecule has 10 heteroatoms. The van der Waals surface area contributed by atoms with Crippen molar-refractivity contribution in [1.82, 2.24) is 10.2 Å². The molecule has 1 unspecified atom stereocenters. The number of benzene rings is 3. The third kappa shape index (κ3) is 8.79. The Morgan fingerprint density at radius 3 is 2.17 bits per heavy atom. The topological polar surface area (TPSA) is 86.8 Å². The van der Waals surface area contributed by atoms with Gasteiger partial charge in [-0.3, -0.25) is 13.9 Å². The Labute approximate surface area is 241 Å². The molecule has 7 nitrogen and oxygen atoms in total. The summed E-state index contributed by atoms with van der Waals surface area (Å²) in [4.78, 5) is 29.1. The lowest BCUT2D eigenvalue weighted by atomic mass is 10.0. The second-order valence-corrected chi connectivity index (χ2v) is 13.1. The summed E-state index contributed by atoms with van der Waals surface area (Å²) in [6.07, 6.45) is 1.20. The average Bonchev–Trinajstić information content (AvgIpc) is 2.86. The second kappa shape index (κ2) is 12.8. The van der Waals surface area contributed by atoms with Gasteiger partial charge < -0.3 is 10.2 Å². The first-order chi connectivity index (χ1) is 18.6. The summed E-state index contributed by atoms with van der Waals surface area (Å²) in [5, 5.41) is 3.28. The summed E-state index contributed by atoms with van der Waals surface area (Å²) >= 11 is 6.17. The van der Waals surface area contributed by atoms with Crippen molar-refractivity contribution in [1.29, 1.82) is 0 Å². The SMILES string of the molecule is Cc1ccc(Cl)cc1N(CC(=O)N(Cc1ccc(F)cc1)C(Cc1ccccc1)C(=O)NC(C)(C)C)S(C)(=O)=O. The van der Waals surface area contributed by atoms with Gasteiger partial charge in [-0.15, -0.1) is 0 Å². The fraction of sp³-hybridized carbons (Fsp3) is 0.333. The Bertz CT molecular complexity index is 1440. The molecule has 3 aromatic carbocycles. The maximum absolute atomic E-state index is 14.1. The number of rotatable bonds is 10. The van der Waals surface area contributed by atoms with E-state index in [1.54, 1.807) is 19.1 Å². The molecule has 214 valence electrons. The van der Waals surface area contributed by atoms with E-state index in [2.05, 4.69) is 5.32 Å². The van der Waals surface area contributed by atoms with Crippen LogP contribution in [0.3, 0.4) is 0 Å². The maximum Gasteiger partial charge on any atom is 0.244 e. The second-order valence-electron chi connectivity index (χ2n) is 10.8. The molecule has 0 saturated carbocycles. The third-order valence-electron chi connectivity index (χ3n) is 6.15. The molecule has 40 heavy (non-hydrogen) atoms. The van der Waals surface area contributed by atoms with Gasteiger partial charge >= 0.3 is 0 Å². The van der Waals surface area contributed by atoms with Crippen molar-refractivity contribution in [2.75, 3.05) is 17.1 Å². The molecule has 0 aliphatic carbocycles. The number of aryl methyl sites for hydroxylation is 1. The lowest BCUT2D eigenvalue weighted by molar-refractivity contribution is -0.140. The summed E-state index contributed by atoms with van der Waals surface area (Å²) < 4.78 is 40.5. The minimum absolute atomic E-state index is 0.0414. The standard InChI is InChI=1S/C30H35ClFN3O4S/c1-21-11-14-24(31)18-26(21)35(40(5,38)39)20-28(36)34(19-23-12-15-25(32)16-13-23)27(29(37)33-30(2,3)4)17-22-9-7-6-8-10-22/h6-16,18,27H,17,19-20H2,1-5H3,(H,33,37). The van der Waals surface area contributed by atoms with Gasteiger partial charge in [-0.25, -0.2) is 12.8 Å². The molecule has 0 fully saturated rings. The van der Waals surface area contributed by atoms with Crippen molar-refractivity contribution in [2.24, 2.45) is 0 Å². The zero-order valence-electron chi connectivity index (χ0n) is 23.3. The first kappa shape index (κ1) is 31.1. The number of sulfonamides is 1. The van der Waals surface area contributed by atoms with E-state index in [0.29, 0.717) is 16.1 Å². The summed E-state index contributed by atoms with van der Waals surface area (Å²) in [6.45, 7) is 6.63. The first-order valence-electron chi connectivity index (χ1n) is 12.8. The van der Waals surface area contributed by atoms with E-state index >= 15 is 0 Å². The van der Waals surface area contributed by atoms with Gasteiger partial charge in [0.2, 0.25) is 21.8 Å². The molecule has 0 spiro atoms. The number of hydrogen-bond acceptors (Lipinski definition) is 4. The van der Waals surface area contributed by atoms with Crippen LogP contribution in [0.1, 0.15) is 37.5 Å². The van der Waals surface area contributed by atoms with Crippen LogP contribution in [0, 0.1) is 12.7 Å². The molecule has 1 atom stereocenters. The number of nitrogens with one attached hydrogen (secondary N) is 1. The van der Waals surface area contributed by atoms with E-state index in [0.717, 1.165) is 16.1 Å². The van der Waals surface area contributed by atoms with Gasteiger partial charge in [0.05, 0.1) is 11.9 Å². The zero-order valence-corrected chi connectivity index (χ0v) is 24.9. The van der Waals surface area contributed by atoms with Crippen LogP contribution in [0.15, 0.2) is 72.8 Å². The number of anilines is 1.